The van der Waals surface area contributed by atoms with E-state index in [1.165, 1.54) is 4.57 Å². The fourth-order valence-corrected chi connectivity index (χ4v) is 1.55. The number of anilines is 1. The first kappa shape index (κ1) is 9.71. The minimum atomic E-state index is -0.0971. The Morgan fingerprint density at radius 3 is 2.87 bits per heavy atom. The Morgan fingerprint density at radius 1 is 1.47 bits per heavy atom. The van der Waals surface area contributed by atoms with Crippen molar-refractivity contribution in [2.45, 2.75) is 13.3 Å². The topological polar surface area (TPSA) is 60.9 Å². The van der Waals surface area contributed by atoms with Crippen molar-refractivity contribution in [1.29, 1.82) is 0 Å². The summed E-state index contributed by atoms with van der Waals surface area (Å²) in [5, 5.41) is 0.615. The molecule has 4 heteroatoms. The van der Waals surface area contributed by atoms with Gasteiger partial charge >= 0.3 is 0 Å². The van der Waals surface area contributed by atoms with Crippen LogP contribution in [0.2, 0.25) is 0 Å². The van der Waals surface area contributed by atoms with Crippen LogP contribution in [-0.4, -0.2) is 9.55 Å². The van der Waals surface area contributed by atoms with Crippen LogP contribution in [0.25, 0.3) is 10.9 Å². The Hall–Kier alpha value is -1.84. The molecule has 0 radical (unpaired) electrons. The summed E-state index contributed by atoms with van der Waals surface area (Å²) in [5.41, 5.74) is 7.36. The predicted octanol–water partition coefficient (Wildman–Crippen LogP) is 1.08. The molecule has 1 aromatic heterocycles. The lowest BCUT2D eigenvalue weighted by Crippen LogP contribution is -2.21. The van der Waals surface area contributed by atoms with Gasteiger partial charge in [-0.1, -0.05) is 13.0 Å². The van der Waals surface area contributed by atoms with E-state index in [0.717, 1.165) is 12.0 Å². The lowest BCUT2D eigenvalue weighted by Gasteiger charge is -2.05. The van der Waals surface area contributed by atoms with Crippen molar-refractivity contribution in [3.63, 3.8) is 0 Å². The van der Waals surface area contributed by atoms with E-state index in [0.29, 0.717) is 10.9 Å². The van der Waals surface area contributed by atoms with Crippen LogP contribution in [0.4, 0.5) is 5.95 Å². The van der Waals surface area contributed by atoms with Gasteiger partial charge in [-0.2, -0.15) is 0 Å². The minimum Gasteiger partial charge on any atom is -0.369 e. The summed E-state index contributed by atoms with van der Waals surface area (Å²) < 4.78 is 1.36. The number of aryl methyl sites for hydroxylation is 1. The number of rotatable bonds is 1. The number of hydrogen-bond donors (Lipinski definition) is 1. The Bertz CT molecular complexity index is 572. The Labute approximate surface area is 87.4 Å². The molecular formula is C11H13N3O. The standard InChI is InChI=1S/C11H13N3O/c1-3-7-4-5-8-9(6-7)13-11(12)14(2)10(8)15/h4-6H,3H2,1-2H3,(H2,12,13). The van der Waals surface area contributed by atoms with Crippen molar-refractivity contribution < 1.29 is 0 Å². The zero-order chi connectivity index (χ0) is 11.0. The molecular weight excluding hydrogens is 190 g/mol. The highest BCUT2D eigenvalue weighted by atomic mass is 16.1. The van der Waals surface area contributed by atoms with Gasteiger partial charge in [0.05, 0.1) is 10.9 Å². The molecule has 0 atom stereocenters. The molecule has 0 fully saturated rings. The van der Waals surface area contributed by atoms with E-state index >= 15 is 0 Å². The molecule has 0 saturated heterocycles. The molecule has 0 aliphatic rings. The number of hydrogen-bond acceptors (Lipinski definition) is 3. The molecule has 2 aromatic rings. The number of nitrogens with two attached hydrogens (primary N) is 1. The van der Waals surface area contributed by atoms with Gasteiger partial charge in [0.15, 0.2) is 0 Å². The highest BCUT2D eigenvalue weighted by Crippen LogP contribution is 2.12. The van der Waals surface area contributed by atoms with Gasteiger partial charge in [-0.3, -0.25) is 9.36 Å². The van der Waals surface area contributed by atoms with Crippen LogP contribution >= 0.6 is 0 Å². The molecule has 4 nitrogen and oxygen atoms in total. The van der Waals surface area contributed by atoms with Gasteiger partial charge < -0.3 is 5.73 Å². The number of nitrogen functional groups attached to an aromatic ring is 1. The summed E-state index contributed by atoms with van der Waals surface area (Å²) in [4.78, 5) is 16.0. The van der Waals surface area contributed by atoms with E-state index in [9.17, 15) is 4.79 Å². The monoisotopic (exact) mass is 203 g/mol. The average molecular weight is 203 g/mol. The van der Waals surface area contributed by atoms with Gasteiger partial charge in [0.25, 0.3) is 5.56 Å². The molecule has 1 heterocycles. The van der Waals surface area contributed by atoms with Crippen molar-refractivity contribution in [2.75, 3.05) is 5.73 Å². The quantitative estimate of drug-likeness (QED) is 0.754. The zero-order valence-corrected chi connectivity index (χ0v) is 8.82. The summed E-state index contributed by atoms with van der Waals surface area (Å²) in [5.74, 6) is 0.251. The fourth-order valence-electron chi connectivity index (χ4n) is 1.55. The van der Waals surface area contributed by atoms with Crippen molar-refractivity contribution in [3.05, 3.63) is 34.1 Å². The molecule has 1 aromatic carbocycles. The first-order valence-electron chi connectivity index (χ1n) is 4.88. The SMILES string of the molecule is CCc1ccc2c(=O)n(C)c(N)nc2c1. The van der Waals surface area contributed by atoms with Gasteiger partial charge in [-0.15, -0.1) is 0 Å². The van der Waals surface area contributed by atoms with E-state index in [-0.39, 0.29) is 11.5 Å². The van der Waals surface area contributed by atoms with Crippen LogP contribution in [0.5, 0.6) is 0 Å². The van der Waals surface area contributed by atoms with Gasteiger partial charge in [0.2, 0.25) is 5.95 Å². The summed E-state index contributed by atoms with van der Waals surface area (Å²) in [6, 6.07) is 5.66. The lowest BCUT2D eigenvalue weighted by atomic mass is 10.1. The normalized spacial score (nSPS) is 10.8. The third-order valence-electron chi connectivity index (χ3n) is 2.58. The minimum absolute atomic E-state index is 0.0971. The van der Waals surface area contributed by atoms with Crippen LogP contribution in [0.1, 0.15) is 12.5 Å². The maximum Gasteiger partial charge on any atom is 0.262 e. The smallest absolute Gasteiger partial charge is 0.262 e. The van der Waals surface area contributed by atoms with E-state index in [4.69, 9.17) is 5.73 Å². The molecule has 15 heavy (non-hydrogen) atoms. The highest BCUT2D eigenvalue weighted by molar-refractivity contribution is 5.79. The van der Waals surface area contributed by atoms with Crippen molar-refractivity contribution in [1.82, 2.24) is 9.55 Å². The second-order valence-electron chi connectivity index (χ2n) is 3.54. The molecule has 0 aliphatic heterocycles. The number of aromatic nitrogens is 2. The predicted molar refractivity (Wildman–Crippen MR) is 60.8 cm³/mol. The molecule has 78 valence electrons. The van der Waals surface area contributed by atoms with E-state index in [1.807, 2.05) is 18.2 Å². The van der Waals surface area contributed by atoms with Crippen LogP contribution < -0.4 is 11.3 Å². The summed E-state index contributed by atoms with van der Waals surface area (Å²) in [6.45, 7) is 2.06. The summed E-state index contributed by atoms with van der Waals surface area (Å²) in [7, 11) is 1.62. The largest absolute Gasteiger partial charge is 0.369 e. The van der Waals surface area contributed by atoms with Crippen LogP contribution in [0, 0.1) is 0 Å². The number of benzene rings is 1. The molecule has 0 unspecified atom stereocenters. The van der Waals surface area contributed by atoms with Crippen LogP contribution in [0.3, 0.4) is 0 Å². The molecule has 2 N–H and O–H groups in total. The summed E-state index contributed by atoms with van der Waals surface area (Å²) >= 11 is 0. The first-order valence-corrected chi connectivity index (χ1v) is 4.88. The fraction of sp³-hybridized carbons (Fsp3) is 0.273. The lowest BCUT2D eigenvalue weighted by molar-refractivity contribution is 0.861. The maximum atomic E-state index is 11.8. The van der Waals surface area contributed by atoms with E-state index < -0.39 is 0 Å². The number of fused-ring (bicyclic) bond motifs is 1. The molecule has 2 rings (SSSR count). The van der Waals surface area contributed by atoms with E-state index in [1.54, 1.807) is 7.05 Å². The van der Waals surface area contributed by atoms with Crippen molar-refractivity contribution in [2.24, 2.45) is 7.05 Å². The molecule has 0 spiro atoms. The third kappa shape index (κ3) is 1.48. The van der Waals surface area contributed by atoms with Gasteiger partial charge in [0.1, 0.15) is 0 Å². The van der Waals surface area contributed by atoms with E-state index in [2.05, 4.69) is 11.9 Å². The van der Waals surface area contributed by atoms with Crippen molar-refractivity contribution >= 4 is 16.9 Å². The zero-order valence-electron chi connectivity index (χ0n) is 8.82. The van der Waals surface area contributed by atoms with Gasteiger partial charge in [0, 0.05) is 7.05 Å². The van der Waals surface area contributed by atoms with Crippen LogP contribution in [-0.2, 0) is 13.5 Å². The maximum absolute atomic E-state index is 11.8. The Morgan fingerprint density at radius 2 is 2.20 bits per heavy atom. The van der Waals surface area contributed by atoms with Gasteiger partial charge in [-0.05, 0) is 24.1 Å². The van der Waals surface area contributed by atoms with Gasteiger partial charge in [-0.25, -0.2) is 4.98 Å². The molecule has 0 aliphatic carbocycles. The van der Waals surface area contributed by atoms with Crippen molar-refractivity contribution in [3.8, 4) is 0 Å². The Balaban J connectivity index is 2.86. The average Bonchev–Trinajstić information content (AvgIpc) is 2.25. The molecule has 0 amide bonds. The Kier molecular flexibility index (Phi) is 2.19. The second-order valence-corrected chi connectivity index (χ2v) is 3.54. The molecule has 0 saturated carbocycles. The highest BCUT2D eigenvalue weighted by Gasteiger charge is 2.05. The third-order valence-corrected chi connectivity index (χ3v) is 2.58. The summed E-state index contributed by atoms with van der Waals surface area (Å²) in [6.07, 6.45) is 0.923. The molecule has 0 bridgehead atoms. The van der Waals surface area contributed by atoms with Crippen LogP contribution in [0.15, 0.2) is 23.0 Å². The first-order chi connectivity index (χ1) is 7.13. The second kappa shape index (κ2) is 3.38. The number of nitrogens with zero attached hydrogens (tertiary/aromatic N) is 2.